The van der Waals surface area contributed by atoms with Crippen LogP contribution in [0.4, 0.5) is 43.4 Å². The van der Waals surface area contributed by atoms with Crippen molar-refractivity contribution in [3.8, 4) is 0 Å². The molecule has 0 unspecified atom stereocenters. The summed E-state index contributed by atoms with van der Waals surface area (Å²) in [7, 11) is 0. The zero-order chi connectivity index (χ0) is 19.8. The lowest BCUT2D eigenvalue weighted by Crippen LogP contribution is -2.32. The molecule has 0 atom stereocenters. The number of carbonyl (C=O) groups excluding carboxylic acids is 1. The second-order valence-electron chi connectivity index (χ2n) is 6.07. The van der Waals surface area contributed by atoms with Gasteiger partial charge in [0.15, 0.2) is 0 Å². The number of hydrogen-bond acceptors (Lipinski definition) is 2. The molecule has 0 aliphatic carbocycles. The molecule has 0 fully saturated rings. The minimum atomic E-state index is -5.22. The average molecular weight is 388 g/mol. The van der Waals surface area contributed by atoms with Crippen LogP contribution >= 0.6 is 0 Å². The summed E-state index contributed by atoms with van der Waals surface area (Å²) in [4.78, 5) is 13.0. The van der Waals surface area contributed by atoms with E-state index in [9.17, 15) is 31.1 Å². The fourth-order valence-electron chi connectivity index (χ4n) is 3.02. The van der Waals surface area contributed by atoms with Gasteiger partial charge in [-0.15, -0.1) is 0 Å². The Bertz CT molecular complexity index is 860. The van der Waals surface area contributed by atoms with Crippen LogP contribution in [0.5, 0.6) is 0 Å². The lowest BCUT2D eigenvalue weighted by molar-refractivity contribution is -0.167. The highest BCUT2D eigenvalue weighted by molar-refractivity contribution is 5.98. The van der Waals surface area contributed by atoms with Crippen LogP contribution in [0.3, 0.4) is 0 Å². The van der Waals surface area contributed by atoms with Crippen LogP contribution < -0.4 is 10.2 Å². The predicted molar refractivity (Wildman–Crippen MR) is 87.9 cm³/mol. The maximum absolute atomic E-state index is 13.0. The normalized spacial score (nSPS) is 14.7. The first-order valence-electron chi connectivity index (χ1n) is 8.02. The molecule has 1 N–H and O–H groups in total. The van der Waals surface area contributed by atoms with Crippen molar-refractivity contribution in [2.24, 2.45) is 0 Å². The fraction of sp³-hybridized carbons (Fsp3) is 0.278. The molecular formula is C18H14F6N2O. The standard InChI is InChI=1S/C18H14F6N2O/c19-17(20,21)12-7-8-15(13(10-12)25-16(27)18(22,23)24)26-9-3-5-11-4-1-2-6-14(11)26/h1-2,4,6-8,10H,3,5,9H2,(H,25,27). The monoisotopic (exact) mass is 388 g/mol. The molecule has 3 rings (SSSR count). The molecule has 2 aromatic carbocycles. The molecule has 2 aromatic rings. The van der Waals surface area contributed by atoms with Crippen molar-refractivity contribution in [2.45, 2.75) is 25.2 Å². The third-order valence-electron chi connectivity index (χ3n) is 4.23. The average Bonchev–Trinajstić information content (AvgIpc) is 2.59. The Morgan fingerprint density at radius 1 is 0.963 bits per heavy atom. The van der Waals surface area contributed by atoms with E-state index < -0.39 is 29.5 Å². The Morgan fingerprint density at radius 2 is 1.67 bits per heavy atom. The molecule has 0 aromatic heterocycles. The van der Waals surface area contributed by atoms with Crippen LogP contribution in [0.2, 0.25) is 0 Å². The lowest BCUT2D eigenvalue weighted by atomic mass is 10.0. The van der Waals surface area contributed by atoms with Gasteiger partial charge >= 0.3 is 18.3 Å². The first-order valence-corrected chi connectivity index (χ1v) is 8.02. The summed E-state index contributed by atoms with van der Waals surface area (Å²) >= 11 is 0. The first kappa shape index (κ1) is 19.1. The summed E-state index contributed by atoms with van der Waals surface area (Å²) < 4.78 is 76.9. The van der Waals surface area contributed by atoms with Crippen molar-refractivity contribution in [3.63, 3.8) is 0 Å². The topological polar surface area (TPSA) is 32.3 Å². The Hall–Kier alpha value is -2.71. The second kappa shape index (κ2) is 6.79. The van der Waals surface area contributed by atoms with Gasteiger partial charge < -0.3 is 10.2 Å². The Kier molecular flexibility index (Phi) is 4.79. The molecule has 1 aliphatic heterocycles. The minimum absolute atomic E-state index is 0.0766. The van der Waals surface area contributed by atoms with Crippen LogP contribution in [0.25, 0.3) is 0 Å². The van der Waals surface area contributed by atoms with Crippen LogP contribution in [-0.4, -0.2) is 18.6 Å². The third-order valence-corrected chi connectivity index (χ3v) is 4.23. The number of carbonyl (C=O) groups is 1. The van der Waals surface area contributed by atoms with Gasteiger partial charge in [-0.2, -0.15) is 26.3 Å². The van der Waals surface area contributed by atoms with Crippen LogP contribution in [0.1, 0.15) is 17.5 Å². The second-order valence-corrected chi connectivity index (χ2v) is 6.07. The van der Waals surface area contributed by atoms with E-state index in [-0.39, 0.29) is 5.69 Å². The van der Waals surface area contributed by atoms with Crippen molar-refractivity contribution in [1.29, 1.82) is 0 Å². The number of nitrogens with one attached hydrogen (secondary N) is 1. The van der Waals surface area contributed by atoms with Gasteiger partial charge in [-0.25, -0.2) is 0 Å². The van der Waals surface area contributed by atoms with Gasteiger partial charge in [0.2, 0.25) is 0 Å². The lowest BCUT2D eigenvalue weighted by Gasteiger charge is -2.33. The Labute approximate surface area is 150 Å². The molecule has 1 aliphatic rings. The predicted octanol–water partition coefficient (Wildman–Crippen LogP) is 5.29. The number of aryl methyl sites for hydroxylation is 1. The number of benzene rings is 2. The summed E-state index contributed by atoms with van der Waals surface area (Å²) in [5.74, 6) is -2.33. The van der Waals surface area contributed by atoms with Crippen molar-refractivity contribution in [1.82, 2.24) is 0 Å². The zero-order valence-electron chi connectivity index (χ0n) is 13.8. The summed E-state index contributed by atoms with van der Waals surface area (Å²) in [6.07, 6.45) is -8.55. The van der Waals surface area contributed by atoms with E-state index in [2.05, 4.69) is 0 Å². The molecule has 0 saturated heterocycles. The molecule has 1 amide bonds. The van der Waals surface area contributed by atoms with Crippen molar-refractivity contribution in [3.05, 3.63) is 53.6 Å². The molecular weight excluding hydrogens is 374 g/mol. The van der Waals surface area contributed by atoms with Gasteiger partial charge in [-0.05, 0) is 42.7 Å². The zero-order valence-corrected chi connectivity index (χ0v) is 13.8. The number of fused-ring (bicyclic) bond motifs is 1. The van der Waals surface area contributed by atoms with E-state index in [1.54, 1.807) is 28.4 Å². The van der Waals surface area contributed by atoms with Gasteiger partial charge in [0, 0.05) is 12.2 Å². The highest BCUT2D eigenvalue weighted by atomic mass is 19.4. The molecule has 0 radical (unpaired) electrons. The summed E-state index contributed by atoms with van der Waals surface area (Å²) in [6, 6.07) is 9.51. The highest BCUT2D eigenvalue weighted by Crippen LogP contribution is 2.41. The molecule has 9 heteroatoms. The number of halogens is 6. The van der Waals surface area contributed by atoms with E-state index in [0.717, 1.165) is 24.1 Å². The number of nitrogens with zero attached hydrogens (tertiary/aromatic N) is 1. The van der Waals surface area contributed by atoms with E-state index in [0.29, 0.717) is 24.7 Å². The van der Waals surface area contributed by atoms with Gasteiger partial charge in [-0.1, -0.05) is 18.2 Å². The number of hydrogen-bond donors (Lipinski definition) is 1. The van der Waals surface area contributed by atoms with Gasteiger partial charge in [0.1, 0.15) is 0 Å². The number of rotatable bonds is 2. The molecule has 1 heterocycles. The van der Waals surface area contributed by atoms with Crippen LogP contribution in [0.15, 0.2) is 42.5 Å². The molecule has 3 nitrogen and oxygen atoms in total. The van der Waals surface area contributed by atoms with Crippen LogP contribution in [0, 0.1) is 0 Å². The van der Waals surface area contributed by atoms with Gasteiger partial charge in [0.05, 0.1) is 16.9 Å². The molecule has 0 spiro atoms. The summed E-state index contributed by atoms with van der Waals surface area (Å²) in [6.45, 7) is 0.400. The molecule has 0 bridgehead atoms. The first-order chi connectivity index (χ1) is 12.6. The van der Waals surface area contributed by atoms with Crippen LogP contribution in [-0.2, 0) is 17.4 Å². The van der Waals surface area contributed by atoms with E-state index in [1.807, 2.05) is 6.07 Å². The van der Waals surface area contributed by atoms with Crippen molar-refractivity contribution in [2.75, 3.05) is 16.8 Å². The third kappa shape index (κ3) is 4.01. The van der Waals surface area contributed by atoms with Gasteiger partial charge in [-0.3, -0.25) is 4.79 Å². The van der Waals surface area contributed by atoms with Crippen molar-refractivity contribution < 1.29 is 31.1 Å². The largest absolute Gasteiger partial charge is 0.471 e. The fourth-order valence-corrected chi connectivity index (χ4v) is 3.02. The highest BCUT2D eigenvalue weighted by Gasteiger charge is 2.40. The molecule has 144 valence electrons. The molecule has 0 saturated carbocycles. The number of alkyl halides is 6. The summed E-state index contributed by atoms with van der Waals surface area (Å²) in [5, 5.41) is 1.59. The Balaban J connectivity index is 2.09. The summed E-state index contributed by atoms with van der Waals surface area (Å²) in [5.41, 5.74) is 0.00776. The van der Waals surface area contributed by atoms with E-state index in [1.165, 1.54) is 0 Å². The molecule has 27 heavy (non-hydrogen) atoms. The maximum atomic E-state index is 13.0. The Morgan fingerprint density at radius 3 is 2.33 bits per heavy atom. The smallest absolute Gasteiger partial charge is 0.340 e. The minimum Gasteiger partial charge on any atom is -0.340 e. The SMILES string of the molecule is O=C(Nc1cc(C(F)(F)F)ccc1N1CCCc2ccccc21)C(F)(F)F. The number of para-hydroxylation sites is 1. The quantitative estimate of drug-likeness (QED) is 0.709. The van der Waals surface area contributed by atoms with E-state index in [4.69, 9.17) is 0 Å². The van der Waals surface area contributed by atoms with E-state index >= 15 is 0 Å². The number of amides is 1. The van der Waals surface area contributed by atoms with Crippen molar-refractivity contribution >= 4 is 23.0 Å². The number of anilines is 3. The van der Waals surface area contributed by atoms with Gasteiger partial charge in [0.25, 0.3) is 0 Å². The maximum Gasteiger partial charge on any atom is 0.471 e.